The molecule has 4 aromatic heterocycles. The highest BCUT2D eigenvalue weighted by Gasteiger charge is 2.43. The number of amides is 2. The minimum absolute atomic E-state index is 0.0440. The number of phenols is 1. The standard InChI is InChI=1S/C49H53N9O6S/c1-28(2)45(49(62)57-26-37(59)21-41(57)48(61)53-29(3)33-16-18-35(19-17-33)46-30(4)51-27-65-46)43-23-44(56-64-43)63-20-8-9-32-12-14-34(15-13-32)31(5)58-25-36(24-52-58)39-22-40(54-55-47(39)50)38-10-6-7-11-42(38)60/h6-7,10-19,22-25,27-29,31,37,41,45,59-60H,8-9,20-21,26H2,1-5H3,(H2,50,55)(H,53,61)/t29-,31?,37+,41-,45-/m0/s1. The van der Waals surface area contributed by atoms with Gasteiger partial charge in [0.1, 0.15) is 17.7 Å². The van der Waals surface area contributed by atoms with E-state index in [4.69, 9.17) is 15.0 Å². The third kappa shape index (κ3) is 9.93. The largest absolute Gasteiger partial charge is 0.507 e. The van der Waals surface area contributed by atoms with Crippen LogP contribution in [0.15, 0.2) is 107 Å². The molecule has 0 bridgehead atoms. The highest BCUT2D eigenvalue weighted by molar-refractivity contribution is 7.13. The van der Waals surface area contributed by atoms with Crippen LogP contribution >= 0.6 is 11.3 Å². The number of aromatic nitrogens is 6. The molecule has 7 aromatic rings. The van der Waals surface area contributed by atoms with Crippen molar-refractivity contribution in [2.75, 3.05) is 18.9 Å². The van der Waals surface area contributed by atoms with Crippen LogP contribution in [0.25, 0.3) is 32.8 Å². The number of benzene rings is 3. The van der Waals surface area contributed by atoms with Gasteiger partial charge in [-0.25, -0.2) is 4.98 Å². The number of ether oxygens (including phenoxy) is 1. The van der Waals surface area contributed by atoms with Gasteiger partial charge >= 0.3 is 0 Å². The molecule has 5 N–H and O–H groups in total. The van der Waals surface area contributed by atoms with Gasteiger partial charge in [-0.3, -0.25) is 14.3 Å². The number of nitrogens with zero attached hydrogens (tertiary/aromatic N) is 7. The number of para-hydroxylation sites is 1. The van der Waals surface area contributed by atoms with Crippen LogP contribution in [0.5, 0.6) is 11.6 Å². The Morgan fingerprint density at radius 1 is 0.969 bits per heavy atom. The SMILES string of the molecule is Cc1ncsc1-c1ccc([C@H](C)NC(=O)[C@@H]2C[C@@H](O)CN2C(=O)[C@H](c2cc(OCCCc3ccc(C(C)n4cc(-c5cc(-c6ccccc6O)nnc5N)cn4)cc3)no2)C(C)C)cc1. The lowest BCUT2D eigenvalue weighted by atomic mass is 9.91. The van der Waals surface area contributed by atoms with Gasteiger partial charge in [0.2, 0.25) is 11.8 Å². The third-order valence-corrected chi connectivity index (χ3v) is 13.0. The van der Waals surface area contributed by atoms with Gasteiger partial charge in [0.15, 0.2) is 11.6 Å². The average Bonchev–Trinajstić information content (AvgIpc) is 4.14. The number of carbonyl (C=O) groups excluding carboxylic acids is 2. The molecular weight excluding hydrogens is 843 g/mol. The van der Waals surface area contributed by atoms with E-state index in [-0.39, 0.29) is 60.2 Å². The minimum Gasteiger partial charge on any atom is -0.507 e. The predicted octanol–water partition coefficient (Wildman–Crippen LogP) is 7.91. The second-order valence-corrected chi connectivity index (χ2v) is 17.8. The molecule has 2 amide bonds. The molecule has 15 nitrogen and oxygen atoms in total. The van der Waals surface area contributed by atoms with Gasteiger partial charge in [-0.2, -0.15) is 5.10 Å². The lowest BCUT2D eigenvalue weighted by Gasteiger charge is -2.29. The summed E-state index contributed by atoms with van der Waals surface area (Å²) in [5.74, 6) is -0.548. The van der Waals surface area contributed by atoms with Gasteiger partial charge in [-0.15, -0.1) is 21.5 Å². The molecule has 16 heteroatoms. The first-order valence-corrected chi connectivity index (χ1v) is 22.7. The van der Waals surface area contributed by atoms with Crippen molar-refractivity contribution < 1.29 is 29.1 Å². The maximum Gasteiger partial charge on any atom is 0.254 e. The van der Waals surface area contributed by atoms with E-state index in [1.54, 1.807) is 41.8 Å². The summed E-state index contributed by atoms with van der Waals surface area (Å²) in [7, 11) is 0. The average molecular weight is 896 g/mol. The van der Waals surface area contributed by atoms with E-state index >= 15 is 0 Å². The van der Waals surface area contributed by atoms with Gasteiger partial charge < -0.3 is 35.4 Å². The predicted molar refractivity (Wildman–Crippen MR) is 248 cm³/mol. The van der Waals surface area contributed by atoms with Crippen molar-refractivity contribution in [1.82, 2.24) is 40.3 Å². The van der Waals surface area contributed by atoms with Crippen molar-refractivity contribution in [1.29, 1.82) is 0 Å². The lowest BCUT2D eigenvalue weighted by Crippen LogP contribution is -2.48. The molecule has 1 unspecified atom stereocenters. The number of hydrogen-bond acceptors (Lipinski definition) is 13. The van der Waals surface area contributed by atoms with Crippen LogP contribution in [0.1, 0.15) is 86.7 Å². The molecule has 1 aliphatic rings. The molecule has 5 heterocycles. The van der Waals surface area contributed by atoms with Crippen LogP contribution in [0.2, 0.25) is 0 Å². The van der Waals surface area contributed by atoms with Crippen LogP contribution in [0.4, 0.5) is 5.82 Å². The Bertz CT molecular complexity index is 2750. The Morgan fingerprint density at radius 3 is 2.45 bits per heavy atom. The van der Waals surface area contributed by atoms with Gasteiger partial charge in [-0.05, 0) is 85.1 Å². The Balaban J connectivity index is 0.832. The zero-order valence-corrected chi connectivity index (χ0v) is 37.8. The number of carbonyl (C=O) groups is 2. The van der Waals surface area contributed by atoms with E-state index in [9.17, 15) is 19.8 Å². The number of likely N-dealkylation sites (tertiary alicyclic amines) is 1. The third-order valence-electron chi connectivity index (χ3n) is 12.0. The van der Waals surface area contributed by atoms with Gasteiger partial charge in [0.25, 0.3) is 5.88 Å². The van der Waals surface area contributed by atoms with Crippen LogP contribution in [0, 0.1) is 12.8 Å². The molecule has 336 valence electrons. The summed E-state index contributed by atoms with van der Waals surface area (Å²) in [6, 6.07) is 25.6. The highest BCUT2D eigenvalue weighted by atomic mass is 32.1. The number of rotatable bonds is 16. The molecule has 0 spiro atoms. The van der Waals surface area contributed by atoms with Crippen molar-refractivity contribution in [3.8, 4) is 44.5 Å². The fourth-order valence-electron chi connectivity index (χ4n) is 8.31. The number of anilines is 1. The number of aromatic hydroxyl groups is 1. The number of nitrogen functional groups attached to an aromatic ring is 1. The molecular formula is C49H53N9O6S. The van der Waals surface area contributed by atoms with Gasteiger partial charge in [0.05, 0.1) is 52.8 Å². The van der Waals surface area contributed by atoms with Crippen molar-refractivity contribution in [2.24, 2.45) is 5.92 Å². The number of aryl methyl sites for hydroxylation is 2. The topological polar surface area (TPSA) is 208 Å². The lowest BCUT2D eigenvalue weighted by molar-refractivity contribution is -0.141. The van der Waals surface area contributed by atoms with Crippen molar-refractivity contribution in [3.63, 3.8) is 0 Å². The van der Waals surface area contributed by atoms with Crippen LogP contribution in [-0.2, 0) is 16.0 Å². The number of hydrogen-bond donors (Lipinski definition) is 4. The molecule has 0 radical (unpaired) electrons. The second-order valence-electron chi connectivity index (χ2n) is 16.9. The molecule has 65 heavy (non-hydrogen) atoms. The quantitative estimate of drug-likeness (QED) is 0.0683. The zero-order valence-electron chi connectivity index (χ0n) is 37.0. The number of β-amino-alcohol motifs (C(OH)–C–C–N with tert-alkyl or cyclic N) is 1. The summed E-state index contributed by atoms with van der Waals surface area (Å²) in [6.45, 7) is 10.2. The fourth-order valence-corrected chi connectivity index (χ4v) is 9.13. The molecule has 5 atom stereocenters. The Kier molecular flexibility index (Phi) is 13.4. The molecule has 1 aliphatic heterocycles. The highest BCUT2D eigenvalue weighted by Crippen LogP contribution is 2.35. The van der Waals surface area contributed by atoms with Crippen LogP contribution in [-0.4, -0.2) is 82.3 Å². The van der Waals surface area contributed by atoms with E-state index in [2.05, 4.69) is 61.9 Å². The monoisotopic (exact) mass is 895 g/mol. The molecule has 0 aliphatic carbocycles. The zero-order chi connectivity index (χ0) is 45.8. The van der Waals surface area contributed by atoms with Crippen molar-refractivity contribution >= 4 is 29.0 Å². The molecule has 1 saturated heterocycles. The number of phenolic OH excluding ortho intramolecular Hbond substituents is 1. The summed E-state index contributed by atoms with van der Waals surface area (Å²) < 4.78 is 13.5. The van der Waals surface area contributed by atoms with E-state index < -0.39 is 18.1 Å². The summed E-state index contributed by atoms with van der Waals surface area (Å²) >= 11 is 1.59. The molecule has 1 fully saturated rings. The molecule has 8 rings (SSSR count). The smallest absolute Gasteiger partial charge is 0.254 e. The Hall–Kier alpha value is -6.91. The van der Waals surface area contributed by atoms with E-state index in [1.165, 1.54) is 4.90 Å². The number of nitrogens with two attached hydrogens (primary N) is 1. The first kappa shape index (κ1) is 44.7. The minimum atomic E-state index is -0.836. The van der Waals surface area contributed by atoms with Crippen molar-refractivity contribution in [2.45, 2.75) is 84.0 Å². The summed E-state index contributed by atoms with van der Waals surface area (Å²) in [5.41, 5.74) is 15.8. The number of aliphatic hydroxyl groups is 1. The van der Waals surface area contributed by atoms with Gasteiger partial charge in [-0.1, -0.05) is 74.5 Å². The maximum atomic E-state index is 14.2. The van der Waals surface area contributed by atoms with E-state index in [0.717, 1.165) is 44.8 Å². The number of aliphatic hydroxyl groups excluding tert-OH is 1. The Labute approximate surface area is 381 Å². The summed E-state index contributed by atoms with van der Waals surface area (Å²) in [6.07, 6.45) is 4.46. The molecule has 0 saturated carbocycles. The van der Waals surface area contributed by atoms with Crippen LogP contribution < -0.4 is 15.8 Å². The van der Waals surface area contributed by atoms with Crippen molar-refractivity contribution in [3.05, 3.63) is 131 Å². The van der Waals surface area contributed by atoms with E-state index in [1.807, 2.05) is 80.5 Å². The summed E-state index contributed by atoms with van der Waals surface area (Å²) in [5, 5.41) is 41.1. The fraction of sp³-hybridized carbons (Fsp3) is 0.327. The molecule has 3 aromatic carbocycles. The summed E-state index contributed by atoms with van der Waals surface area (Å²) in [4.78, 5) is 34.8. The maximum absolute atomic E-state index is 14.2. The Morgan fingerprint density at radius 2 is 1.72 bits per heavy atom. The number of thiazole rings is 1. The first-order valence-electron chi connectivity index (χ1n) is 21.8. The second kappa shape index (κ2) is 19.5. The van der Waals surface area contributed by atoms with Gasteiger partial charge in [0, 0.05) is 41.9 Å². The van der Waals surface area contributed by atoms with E-state index in [0.29, 0.717) is 35.6 Å². The normalized spacial score (nSPS) is 16.4. The number of nitrogens with one attached hydrogen (secondary N) is 1. The van der Waals surface area contributed by atoms with Crippen LogP contribution in [0.3, 0.4) is 0 Å². The first-order chi connectivity index (χ1) is 31.3.